The number of aromatic hydroxyl groups is 1. The second kappa shape index (κ2) is 5.43. The van der Waals surface area contributed by atoms with E-state index >= 15 is 0 Å². The third kappa shape index (κ3) is 2.54. The SMILES string of the molecule is O=C1NCCN/C1=C/C(=O)c1c(O)c(F)c(F)c(F)c1F. The van der Waals surface area contributed by atoms with Crippen LogP contribution in [-0.2, 0) is 4.79 Å². The summed E-state index contributed by atoms with van der Waals surface area (Å²) in [4.78, 5) is 23.1. The molecule has 3 N–H and O–H groups in total. The molecule has 1 heterocycles. The molecule has 5 nitrogen and oxygen atoms in total. The Bertz CT molecular complexity index is 644. The van der Waals surface area contributed by atoms with Crippen molar-refractivity contribution in [2.24, 2.45) is 0 Å². The number of phenolic OH excluding ortho intramolecular Hbond substituents is 1. The predicted octanol–water partition coefficient (Wildman–Crippen LogP) is 0.735. The highest BCUT2D eigenvalue weighted by atomic mass is 19.2. The van der Waals surface area contributed by atoms with Crippen LogP contribution in [0.25, 0.3) is 0 Å². The average Bonchev–Trinajstić information content (AvgIpc) is 2.46. The number of piperazine rings is 1. The second-order valence-electron chi connectivity index (χ2n) is 4.08. The number of benzene rings is 1. The predicted molar refractivity (Wildman–Crippen MR) is 61.4 cm³/mol. The van der Waals surface area contributed by atoms with Crippen molar-refractivity contribution in [2.75, 3.05) is 13.1 Å². The largest absolute Gasteiger partial charge is 0.504 e. The maximum absolute atomic E-state index is 13.5. The molecule has 1 saturated heterocycles. The summed E-state index contributed by atoms with van der Waals surface area (Å²) in [5.74, 6) is -12.3. The van der Waals surface area contributed by atoms with Gasteiger partial charge in [-0.3, -0.25) is 9.59 Å². The highest BCUT2D eigenvalue weighted by Crippen LogP contribution is 2.30. The van der Waals surface area contributed by atoms with E-state index in [-0.39, 0.29) is 12.2 Å². The molecular formula is C12H8F4N2O3. The first-order valence-electron chi connectivity index (χ1n) is 5.67. The number of hydrogen-bond donors (Lipinski definition) is 3. The van der Waals surface area contributed by atoms with Gasteiger partial charge in [-0.25, -0.2) is 13.2 Å². The molecular weight excluding hydrogens is 296 g/mol. The fourth-order valence-corrected chi connectivity index (χ4v) is 1.71. The molecule has 0 bridgehead atoms. The van der Waals surface area contributed by atoms with Crippen molar-refractivity contribution >= 4 is 11.7 Å². The van der Waals surface area contributed by atoms with Crippen LogP contribution in [0.1, 0.15) is 10.4 Å². The van der Waals surface area contributed by atoms with Crippen molar-refractivity contribution in [3.05, 3.63) is 40.6 Å². The number of carbonyl (C=O) groups excluding carboxylic acids is 2. The lowest BCUT2D eigenvalue weighted by molar-refractivity contribution is -0.118. The van der Waals surface area contributed by atoms with E-state index in [9.17, 15) is 32.3 Å². The number of hydrogen-bond acceptors (Lipinski definition) is 4. The van der Waals surface area contributed by atoms with Gasteiger partial charge in [0, 0.05) is 19.2 Å². The number of nitrogens with one attached hydrogen (secondary N) is 2. The molecule has 9 heteroatoms. The molecule has 1 aliphatic rings. The summed E-state index contributed by atoms with van der Waals surface area (Å²) in [6.07, 6.45) is 0.559. The van der Waals surface area contributed by atoms with Gasteiger partial charge in [0.1, 0.15) is 11.3 Å². The Morgan fingerprint density at radius 3 is 2.19 bits per heavy atom. The molecule has 0 unspecified atom stereocenters. The van der Waals surface area contributed by atoms with Crippen LogP contribution in [-0.4, -0.2) is 29.9 Å². The van der Waals surface area contributed by atoms with Crippen molar-refractivity contribution in [1.82, 2.24) is 10.6 Å². The van der Waals surface area contributed by atoms with Crippen molar-refractivity contribution in [3.8, 4) is 5.75 Å². The van der Waals surface area contributed by atoms with Crippen LogP contribution in [0.2, 0.25) is 0 Å². The lowest BCUT2D eigenvalue weighted by Gasteiger charge is -2.17. The lowest BCUT2D eigenvalue weighted by Crippen LogP contribution is -2.43. The van der Waals surface area contributed by atoms with Gasteiger partial charge in [-0.1, -0.05) is 0 Å². The molecule has 1 fully saturated rings. The van der Waals surface area contributed by atoms with Crippen molar-refractivity contribution < 1.29 is 32.3 Å². The number of halogens is 4. The van der Waals surface area contributed by atoms with Crippen molar-refractivity contribution in [2.45, 2.75) is 0 Å². The quantitative estimate of drug-likeness (QED) is 0.247. The topological polar surface area (TPSA) is 78.4 Å². The minimum atomic E-state index is -2.23. The summed E-state index contributed by atoms with van der Waals surface area (Å²) >= 11 is 0. The first-order chi connectivity index (χ1) is 9.84. The zero-order valence-electron chi connectivity index (χ0n) is 10.3. The van der Waals surface area contributed by atoms with Crippen LogP contribution in [0.3, 0.4) is 0 Å². The molecule has 0 atom stereocenters. The number of carbonyl (C=O) groups is 2. The molecule has 0 spiro atoms. The maximum atomic E-state index is 13.5. The minimum Gasteiger partial charge on any atom is -0.504 e. The first kappa shape index (κ1) is 14.8. The fraction of sp³-hybridized carbons (Fsp3) is 0.167. The molecule has 112 valence electrons. The van der Waals surface area contributed by atoms with E-state index in [0.717, 1.165) is 0 Å². The Morgan fingerprint density at radius 1 is 1.00 bits per heavy atom. The molecule has 1 aromatic carbocycles. The van der Waals surface area contributed by atoms with Crippen LogP contribution < -0.4 is 10.6 Å². The summed E-state index contributed by atoms with van der Waals surface area (Å²) in [5.41, 5.74) is -1.66. The fourth-order valence-electron chi connectivity index (χ4n) is 1.71. The monoisotopic (exact) mass is 304 g/mol. The van der Waals surface area contributed by atoms with Crippen LogP contribution in [0.15, 0.2) is 11.8 Å². The van der Waals surface area contributed by atoms with Crippen molar-refractivity contribution in [1.29, 1.82) is 0 Å². The van der Waals surface area contributed by atoms with E-state index in [1.54, 1.807) is 0 Å². The van der Waals surface area contributed by atoms with E-state index in [1.807, 2.05) is 0 Å². The highest BCUT2D eigenvalue weighted by molar-refractivity contribution is 6.11. The Hall–Kier alpha value is -2.58. The maximum Gasteiger partial charge on any atom is 0.267 e. The van der Waals surface area contributed by atoms with Gasteiger partial charge in [-0.15, -0.1) is 0 Å². The number of phenols is 1. The minimum absolute atomic E-state index is 0.268. The average molecular weight is 304 g/mol. The summed E-state index contributed by atoms with van der Waals surface area (Å²) in [7, 11) is 0. The molecule has 1 aliphatic heterocycles. The second-order valence-corrected chi connectivity index (χ2v) is 4.08. The van der Waals surface area contributed by atoms with Crippen molar-refractivity contribution in [3.63, 3.8) is 0 Å². The van der Waals surface area contributed by atoms with E-state index < -0.39 is 46.3 Å². The number of allylic oxidation sites excluding steroid dienone is 1. The standard InChI is InChI=1S/C12H8F4N2O3/c13-7-6(11(20)10(16)9(15)8(7)14)5(19)3-4-12(21)18-2-1-17-4/h3,17,20H,1-2H2,(H,18,21)/b4-3+. The van der Waals surface area contributed by atoms with Gasteiger partial charge < -0.3 is 15.7 Å². The summed E-state index contributed by atoms with van der Waals surface area (Å²) in [5, 5.41) is 14.1. The Balaban J connectivity index is 2.49. The lowest BCUT2D eigenvalue weighted by atomic mass is 10.1. The zero-order valence-corrected chi connectivity index (χ0v) is 10.3. The third-order valence-electron chi connectivity index (χ3n) is 2.73. The van der Waals surface area contributed by atoms with Gasteiger partial charge in [0.15, 0.2) is 23.2 Å². The molecule has 0 aliphatic carbocycles. The normalized spacial score (nSPS) is 16.6. The van der Waals surface area contributed by atoms with Gasteiger partial charge in [-0.05, 0) is 0 Å². The first-order valence-corrected chi connectivity index (χ1v) is 5.67. The number of rotatable bonds is 2. The molecule has 1 aromatic rings. The number of ketones is 1. The molecule has 0 saturated carbocycles. The zero-order chi connectivity index (χ0) is 15.7. The third-order valence-corrected chi connectivity index (χ3v) is 2.73. The van der Waals surface area contributed by atoms with Gasteiger partial charge in [-0.2, -0.15) is 4.39 Å². The van der Waals surface area contributed by atoms with Gasteiger partial charge >= 0.3 is 0 Å². The van der Waals surface area contributed by atoms with Crippen LogP contribution in [0.5, 0.6) is 5.75 Å². The van der Waals surface area contributed by atoms with Gasteiger partial charge in [0.05, 0.1) is 0 Å². The van der Waals surface area contributed by atoms with Crippen LogP contribution in [0, 0.1) is 23.3 Å². The van der Waals surface area contributed by atoms with E-state index in [4.69, 9.17) is 0 Å². The molecule has 21 heavy (non-hydrogen) atoms. The molecule has 0 radical (unpaired) electrons. The molecule has 0 aromatic heterocycles. The Morgan fingerprint density at radius 2 is 1.57 bits per heavy atom. The summed E-state index contributed by atoms with van der Waals surface area (Å²) in [6.45, 7) is 0.579. The van der Waals surface area contributed by atoms with Gasteiger partial charge in [0.25, 0.3) is 5.91 Å². The van der Waals surface area contributed by atoms with Crippen LogP contribution in [0.4, 0.5) is 17.6 Å². The molecule has 1 amide bonds. The smallest absolute Gasteiger partial charge is 0.267 e. The van der Waals surface area contributed by atoms with E-state index in [1.165, 1.54) is 0 Å². The Kier molecular flexibility index (Phi) is 3.83. The highest BCUT2D eigenvalue weighted by Gasteiger charge is 2.29. The Labute approximate surface area is 115 Å². The van der Waals surface area contributed by atoms with E-state index in [2.05, 4.69) is 10.6 Å². The summed E-state index contributed by atoms with van der Waals surface area (Å²) in [6, 6.07) is 0. The van der Waals surface area contributed by atoms with E-state index in [0.29, 0.717) is 12.6 Å². The molecule has 2 rings (SSSR count). The summed E-state index contributed by atoms with van der Waals surface area (Å²) < 4.78 is 52.6. The van der Waals surface area contributed by atoms with Gasteiger partial charge in [0.2, 0.25) is 11.6 Å². The van der Waals surface area contributed by atoms with Crippen LogP contribution >= 0.6 is 0 Å². The number of amides is 1.